The second-order valence-corrected chi connectivity index (χ2v) is 6.82. The molecule has 0 amide bonds. The monoisotopic (exact) mass is 319 g/mol. The van der Waals surface area contributed by atoms with E-state index in [-0.39, 0.29) is 5.56 Å². The standard InChI is InChI=1S/C20H21N3O/c1-13-6-7-18-22-17-12-15(16-5-3-4-9-21-16)11-14(2)19(17)20(24)23(18)10-8-13/h3-5,9,11-13H,6-8,10H2,1-2H3. The Hall–Kier alpha value is -2.49. The van der Waals surface area contributed by atoms with Crippen molar-refractivity contribution in [2.45, 2.75) is 39.7 Å². The van der Waals surface area contributed by atoms with E-state index >= 15 is 0 Å². The molecular weight excluding hydrogens is 298 g/mol. The van der Waals surface area contributed by atoms with Gasteiger partial charge in [0.2, 0.25) is 0 Å². The van der Waals surface area contributed by atoms with Crippen LogP contribution in [-0.4, -0.2) is 14.5 Å². The minimum atomic E-state index is 0.106. The van der Waals surface area contributed by atoms with Crippen molar-refractivity contribution in [2.75, 3.05) is 0 Å². The van der Waals surface area contributed by atoms with E-state index in [0.717, 1.165) is 59.4 Å². The van der Waals surface area contributed by atoms with E-state index in [9.17, 15) is 4.79 Å². The van der Waals surface area contributed by atoms with Crippen molar-refractivity contribution in [2.24, 2.45) is 5.92 Å². The average Bonchev–Trinajstić information content (AvgIpc) is 2.77. The molecule has 1 unspecified atom stereocenters. The molecule has 3 aromatic rings. The summed E-state index contributed by atoms with van der Waals surface area (Å²) in [4.78, 5) is 22.3. The zero-order chi connectivity index (χ0) is 16.7. The molecule has 0 N–H and O–H groups in total. The van der Waals surface area contributed by atoms with Crippen LogP contribution in [0.5, 0.6) is 0 Å². The molecule has 0 aliphatic carbocycles. The molecule has 3 heterocycles. The lowest BCUT2D eigenvalue weighted by Crippen LogP contribution is -2.25. The second kappa shape index (κ2) is 5.86. The van der Waals surface area contributed by atoms with E-state index in [1.807, 2.05) is 41.8 Å². The van der Waals surface area contributed by atoms with Crippen LogP contribution in [0.1, 0.15) is 31.2 Å². The lowest BCUT2D eigenvalue weighted by molar-refractivity contribution is 0.484. The van der Waals surface area contributed by atoms with Crippen molar-refractivity contribution >= 4 is 10.9 Å². The highest BCUT2D eigenvalue weighted by Crippen LogP contribution is 2.25. The third kappa shape index (κ3) is 2.52. The highest BCUT2D eigenvalue weighted by Gasteiger charge is 2.18. The number of fused-ring (bicyclic) bond motifs is 2. The Balaban J connectivity index is 1.95. The fourth-order valence-corrected chi connectivity index (χ4v) is 3.56. The van der Waals surface area contributed by atoms with Gasteiger partial charge in [0, 0.05) is 24.7 Å². The lowest BCUT2D eigenvalue weighted by atomic mass is 10.0. The molecule has 1 aliphatic heterocycles. The minimum Gasteiger partial charge on any atom is -0.296 e. The molecule has 0 bridgehead atoms. The van der Waals surface area contributed by atoms with Gasteiger partial charge in [-0.2, -0.15) is 0 Å². The van der Waals surface area contributed by atoms with Crippen LogP contribution in [-0.2, 0) is 13.0 Å². The number of pyridine rings is 1. The van der Waals surface area contributed by atoms with Gasteiger partial charge in [0.05, 0.1) is 16.6 Å². The molecule has 0 spiro atoms. The maximum atomic E-state index is 13.0. The van der Waals surface area contributed by atoms with Gasteiger partial charge in [-0.25, -0.2) is 4.98 Å². The van der Waals surface area contributed by atoms with E-state index in [1.165, 1.54) is 0 Å². The molecule has 2 aromatic heterocycles. The van der Waals surface area contributed by atoms with Gasteiger partial charge < -0.3 is 0 Å². The number of hydrogen-bond donors (Lipinski definition) is 0. The van der Waals surface area contributed by atoms with Crippen molar-refractivity contribution in [1.82, 2.24) is 14.5 Å². The smallest absolute Gasteiger partial charge is 0.261 e. The fraction of sp³-hybridized carbons (Fsp3) is 0.350. The number of aromatic nitrogens is 3. The second-order valence-electron chi connectivity index (χ2n) is 6.82. The highest BCUT2D eigenvalue weighted by molar-refractivity contribution is 5.86. The molecule has 122 valence electrons. The quantitative estimate of drug-likeness (QED) is 0.686. The van der Waals surface area contributed by atoms with E-state index in [4.69, 9.17) is 4.98 Å². The topological polar surface area (TPSA) is 47.8 Å². The summed E-state index contributed by atoms with van der Waals surface area (Å²) in [5, 5.41) is 0.744. The van der Waals surface area contributed by atoms with Gasteiger partial charge in [0.15, 0.2) is 0 Å². The molecular formula is C20H21N3O. The lowest BCUT2D eigenvalue weighted by Gasteiger charge is -2.12. The predicted octanol–water partition coefficient (Wildman–Crippen LogP) is 3.74. The van der Waals surface area contributed by atoms with Crippen LogP contribution in [0.2, 0.25) is 0 Å². The normalized spacial score (nSPS) is 17.5. The molecule has 0 fully saturated rings. The van der Waals surface area contributed by atoms with E-state index in [0.29, 0.717) is 5.92 Å². The van der Waals surface area contributed by atoms with Crippen molar-refractivity contribution < 1.29 is 0 Å². The predicted molar refractivity (Wildman–Crippen MR) is 96.1 cm³/mol. The van der Waals surface area contributed by atoms with Crippen LogP contribution < -0.4 is 5.56 Å². The van der Waals surface area contributed by atoms with E-state index in [1.54, 1.807) is 6.20 Å². The first-order chi connectivity index (χ1) is 11.6. The van der Waals surface area contributed by atoms with Crippen molar-refractivity contribution in [3.63, 3.8) is 0 Å². The van der Waals surface area contributed by atoms with Gasteiger partial charge in [-0.15, -0.1) is 0 Å². The van der Waals surface area contributed by atoms with Crippen LogP contribution >= 0.6 is 0 Å². The third-order valence-electron chi connectivity index (χ3n) is 5.00. The maximum absolute atomic E-state index is 13.0. The number of rotatable bonds is 1. The minimum absolute atomic E-state index is 0.106. The summed E-state index contributed by atoms with van der Waals surface area (Å²) in [5.74, 6) is 1.56. The Morgan fingerprint density at radius 1 is 1.21 bits per heavy atom. The van der Waals surface area contributed by atoms with Crippen molar-refractivity contribution in [3.05, 3.63) is 58.3 Å². The Morgan fingerprint density at radius 2 is 2.08 bits per heavy atom. The van der Waals surface area contributed by atoms with E-state index in [2.05, 4.69) is 11.9 Å². The summed E-state index contributed by atoms with van der Waals surface area (Å²) in [6.45, 7) is 5.02. The van der Waals surface area contributed by atoms with Crippen molar-refractivity contribution in [3.8, 4) is 11.3 Å². The average molecular weight is 319 g/mol. The first-order valence-corrected chi connectivity index (χ1v) is 8.59. The van der Waals surface area contributed by atoms with Gasteiger partial charge in [-0.05, 0) is 55.5 Å². The summed E-state index contributed by atoms with van der Waals surface area (Å²) in [5.41, 5.74) is 3.79. The molecule has 0 radical (unpaired) electrons. The summed E-state index contributed by atoms with van der Waals surface area (Å²) in [6, 6.07) is 9.91. The number of hydrogen-bond acceptors (Lipinski definition) is 3. The summed E-state index contributed by atoms with van der Waals surface area (Å²) < 4.78 is 1.89. The van der Waals surface area contributed by atoms with Crippen molar-refractivity contribution in [1.29, 1.82) is 0 Å². The molecule has 1 aromatic carbocycles. The third-order valence-corrected chi connectivity index (χ3v) is 5.00. The Labute approximate surface area is 141 Å². The maximum Gasteiger partial charge on any atom is 0.261 e. The summed E-state index contributed by atoms with van der Waals surface area (Å²) in [6.07, 6.45) is 4.80. The van der Waals surface area contributed by atoms with Gasteiger partial charge in [0.1, 0.15) is 5.82 Å². The van der Waals surface area contributed by atoms with Gasteiger partial charge in [0.25, 0.3) is 5.56 Å². The molecule has 0 saturated carbocycles. The molecule has 4 heteroatoms. The number of nitrogens with zero attached hydrogens (tertiary/aromatic N) is 3. The van der Waals surface area contributed by atoms with Crippen LogP contribution in [0.3, 0.4) is 0 Å². The summed E-state index contributed by atoms with van der Waals surface area (Å²) in [7, 11) is 0. The highest BCUT2D eigenvalue weighted by atomic mass is 16.1. The molecule has 1 atom stereocenters. The van der Waals surface area contributed by atoms with Gasteiger partial charge in [-0.1, -0.05) is 13.0 Å². The zero-order valence-corrected chi connectivity index (χ0v) is 14.1. The van der Waals surface area contributed by atoms with Gasteiger partial charge >= 0.3 is 0 Å². The number of benzene rings is 1. The molecule has 0 saturated heterocycles. The Morgan fingerprint density at radius 3 is 2.88 bits per heavy atom. The number of aryl methyl sites for hydroxylation is 2. The van der Waals surface area contributed by atoms with Crippen LogP contribution in [0.15, 0.2) is 41.3 Å². The zero-order valence-electron chi connectivity index (χ0n) is 14.1. The van der Waals surface area contributed by atoms with Crippen LogP contribution in [0.25, 0.3) is 22.2 Å². The first kappa shape index (κ1) is 15.1. The largest absolute Gasteiger partial charge is 0.296 e. The SMILES string of the molecule is Cc1cc(-c2ccccn2)cc2nc3n(c(=O)c12)CCC(C)CC3. The van der Waals surface area contributed by atoms with Gasteiger partial charge in [-0.3, -0.25) is 14.3 Å². The first-order valence-electron chi connectivity index (χ1n) is 8.59. The summed E-state index contributed by atoms with van der Waals surface area (Å²) >= 11 is 0. The molecule has 4 nitrogen and oxygen atoms in total. The molecule has 24 heavy (non-hydrogen) atoms. The molecule has 4 rings (SSSR count). The van der Waals surface area contributed by atoms with Crippen LogP contribution in [0.4, 0.5) is 0 Å². The Kier molecular flexibility index (Phi) is 3.68. The fourth-order valence-electron chi connectivity index (χ4n) is 3.56. The van der Waals surface area contributed by atoms with Crippen LogP contribution in [0, 0.1) is 12.8 Å². The Bertz CT molecular complexity index is 960. The van der Waals surface area contributed by atoms with E-state index < -0.39 is 0 Å². The molecule has 1 aliphatic rings.